The molecule has 198 valence electrons. The number of urea groups is 1. The lowest BCUT2D eigenvalue weighted by Crippen LogP contribution is -2.44. The summed E-state index contributed by atoms with van der Waals surface area (Å²) in [5, 5.41) is 9.42. The van der Waals surface area contributed by atoms with E-state index in [0.29, 0.717) is 24.3 Å². The van der Waals surface area contributed by atoms with E-state index < -0.39 is 17.8 Å². The van der Waals surface area contributed by atoms with Crippen molar-refractivity contribution in [2.75, 3.05) is 43.9 Å². The summed E-state index contributed by atoms with van der Waals surface area (Å²) in [6.07, 6.45) is -1.34. The van der Waals surface area contributed by atoms with Crippen LogP contribution in [0.3, 0.4) is 0 Å². The minimum absolute atomic E-state index is 0.0393. The fourth-order valence-electron chi connectivity index (χ4n) is 4.56. The molecule has 2 amide bonds. The maximum absolute atomic E-state index is 13.9. The first-order chi connectivity index (χ1) is 18.2. The Labute approximate surface area is 217 Å². The van der Waals surface area contributed by atoms with Gasteiger partial charge in [0.1, 0.15) is 0 Å². The van der Waals surface area contributed by atoms with Gasteiger partial charge in [0.05, 0.1) is 22.3 Å². The number of para-hydroxylation sites is 1. The molecule has 1 aliphatic rings. The van der Waals surface area contributed by atoms with Crippen molar-refractivity contribution in [3.05, 3.63) is 66.0 Å². The number of aryl methyl sites for hydroxylation is 1. The average Bonchev–Trinajstić information content (AvgIpc) is 3.24. The lowest BCUT2D eigenvalue weighted by Gasteiger charge is -2.33. The van der Waals surface area contributed by atoms with E-state index in [-0.39, 0.29) is 23.6 Å². The first-order valence-corrected chi connectivity index (χ1v) is 12.1. The summed E-state index contributed by atoms with van der Waals surface area (Å²) in [5.41, 5.74) is 2.34. The van der Waals surface area contributed by atoms with Crippen molar-refractivity contribution >= 4 is 28.6 Å². The van der Waals surface area contributed by atoms with Crippen LogP contribution in [0.5, 0.6) is 0 Å². The Balaban J connectivity index is 1.31. The molecule has 2 N–H and O–H groups in total. The zero-order valence-electron chi connectivity index (χ0n) is 21.0. The zero-order valence-corrected chi connectivity index (χ0v) is 21.0. The van der Waals surface area contributed by atoms with Crippen LogP contribution in [0.1, 0.15) is 11.1 Å². The standard InChI is InChI=1S/C26H27F3N8O/c1-35-10-12-37(13-11-35)16-17-6-7-18(14-20(17)26(27,28)29)32-25(38)33-23-15-22(36(2)34-23)19-4-3-5-21-24(19)31-9-8-30-21/h3-9,14-15H,10-13,16H2,1-2H3,(H2,32,33,34,38). The molecule has 0 unspecified atom stereocenters. The SMILES string of the molecule is CN1CCN(Cc2ccc(NC(=O)Nc3cc(-c4cccc5nccnc45)n(C)n3)cc2C(F)(F)F)CC1. The van der Waals surface area contributed by atoms with Gasteiger partial charge in [0.25, 0.3) is 0 Å². The van der Waals surface area contributed by atoms with Crippen molar-refractivity contribution in [3.8, 4) is 11.3 Å². The van der Waals surface area contributed by atoms with Crippen molar-refractivity contribution in [1.82, 2.24) is 29.5 Å². The van der Waals surface area contributed by atoms with Gasteiger partial charge < -0.3 is 10.2 Å². The van der Waals surface area contributed by atoms with Gasteiger partial charge in [-0.1, -0.05) is 18.2 Å². The number of halogens is 3. The van der Waals surface area contributed by atoms with Crippen LogP contribution >= 0.6 is 0 Å². The van der Waals surface area contributed by atoms with Gasteiger partial charge >= 0.3 is 12.2 Å². The fraction of sp³-hybridized carbons (Fsp3) is 0.308. The average molecular weight is 525 g/mol. The third kappa shape index (κ3) is 5.60. The first-order valence-electron chi connectivity index (χ1n) is 12.1. The summed E-state index contributed by atoms with van der Waals surface area (Å²) in [4.78, 5) is 25.5. The van der Waals surface area contributed by atoms with Gasteiger partial charge in [-0.2, -0.15) is 18.3 Å². The molecule has 2 aromatic carbocycles. The molecule has 9 nitrogen and oxygen atoms in total. The van der Waals surface area contributed by atoms with E-state index in [4.69, 9.17) is 0 Å². The molecule has 3 heterocycles. The van der Waals surface area contributed by atoms with Crippen LogP contribution in [0.15, 0.2) is 54.9 Å². The number of rotatable bonds is 5. The van der Waals surface area contributed by atoms with Crippen LogP contribution < -0.4 is 10.6 Å². The van der Waals surface area contributed by atoms with Crippen molar-refractivity contribution in [2.45, 2.75) is 12.7 Å². The second-order valence-electron chi connectivity index (χ2n) is 9.30. The van der Waals surface area contributed by atoms with Crippen LogP contribution in [0.4, 0.5) is 29.5 Å². The molecule has 1 aliphatic heterocycles. The highest BCUT2D eigenvalue weighted by Crippen LogP contribution is 2.35. The quantitative estimate of drug-likeness (QED) is 0.401. The fourth-order valence-corrected chi connectivity index (χ4v) is 4.56. The highest BCUT2D eigenvalue weighted by molar-refractivity contribution is 6.00. The minimum Gasteiger partial charge on any atom is -0.308 e. The van der Waals surface area contributed by atoms with Crippen LogP contribution in [0, 0.1) is 0 Å². The monoisotopic (exact) mass is 524 g/mol. The Morgan fingerprint density at radius 3 is 2.50 bits per heavy atom. The normalized spacial score (nSPS) is 15.1. The lowest BCUT2D eigenvalue weighted by molar-refractivity contribution is -0.138. The highest BCUT2D eigenvalue weighted by Gasteiger charge is 2.34. The number of carbonyl (C=O) groups is 1. The van der Waals surface area contributed by atoms with E-state index in [1.54, 1.807) is 30.2 Å². The highest BCUT2D eigenvalue weighted by atomic mass is 19.4. The number of piperazine rings is 1. The van der Waals surface area contributed by atoms with Crippen molar-refractivity contribution in [3.63, 3.8) is 0 Å². The Hall–Kier alpha value is -4.03. The molecule has 0 atom stereocenters. The summed E-state index contributed by atoms with van der Waals surface area (Å²) < 4.78 is 43.2. The summed E-state index contributed by atoms with van der Waals surface area (Å²) >= 11 is 0. The molecule has 5 rings (SSSR count). The van der Waals surface area contributed by atoms with Gasteiger partial charge in [-0.3, -0.25) is 24.9 Å². The maximum Gasteiger partial charge on any atom is 0.416 e. The summed E-state index contributed by atoms with van der Waals surface area (Å²) in [6, 6.07) is 10.4. The molecular weight excluding hydrogens is 497 g/mol. The Morgan fingerprint density at radius 2 is 1.74 bits per heavy atom. The largest absolute Gasteiger partial charge is 0.416 e. The van der Waals surface area contributed by atoms with Gasteiger partial charge in [0.2, 0.25) is 0 Å². The maximum atomic E-state index is 13.9. The van der Waals surface area contributed by atoms with E-state index in [1.807, 2.05) is 30.1 Å². The van der Waals surface area contributed by atoms with Crippen LogP contribution in [0.25, 0.3) is 22.3 Å². The molecule has 38 heavy (non-hydrogen) atoms. The number of hydrogen-bond donors (Lipinski definition) is 2. The predicted molar refractivity (Wildman–Crippen MR) is 139 cm³/mol. The molecule has 1 saturated heterocycles. The summed E-state index contributed by atoms with van der Waals surface area (Å²) in [5.74, 6) is 0.239. The third-order valence-electron chi connectivity index (χ3n) is 6.56. The number of nitrogens with zero attached hydrogens (tertiary/aromatic N) is 6. The second kappa shape index (κ2) is 10.4. The summed E-state index contributed by atoms with van der Waals surface area (Å²) in [6.45, 7) is 3.22. The van der Waals surface area contributed by atoms with Crippen molar-refractivity contribution < 1.29 is 18.0 Å². The van der Waals surface area contributed by atoms with Gasteiger partial charge in [-0.25, -0.2) is 4.79 Å². The third-order valence-corrected chi connectivity index (χ3v) is 6.56. The molecule has 0 bridgehead atoms. The van der Waals surface area contributed by atoms with Crippen LogP contribution in [-0.2, 0) is 19.8 Å². The molecule has 2 aromatic heterocycles. The second-order valence-corrected chi connectivity index (χ2v) is 9.30. The minimum atomic E-state index is -4.55. The smallest absolute Gasteiger partial charge is 0.308 e. The van der Waals surface area contributed by atoms with Crippen LogP contribution in [0.2, 0.25) is 0 Å². The number of carbonyl (C=O) groups excluding carboxylic acids is 1. The Bertz CT molecular complexity index is 1460. The van der Waals surface area contributed by atoms with E-state index in [2.05, 4.69) is 30.6 Å². The van der Waals surface area contributed by atoms with Gasteiger partial charge in [0, 0.05) is 69.5 Å². The van der Waals surface area contributed by atoms with E-state index in [1.165, 1.54) is 12.1 Å². The Morgan fingerprint density at radius 1 is 0.974 bits per heavy atom. The topological polar surface area (TPSA) is 91.2 Å². The predicted octanol–water partition coefficient (Wildman–Crippen LogP) is 4.44. The first kappa shape index (κ1) is 25.6. The van der Waals surface area contributed by atoms with Crippen LogP contribution in [-0.4, -0.2) is 68.8 Å². The Kier molecular flexibility index (Phi) is 7.00. The molecular formula is C26H27F3N8O. The number of benzene rings is 2. The number of likely N-dealkylation sites (N-methyl/N-ethyl adjacent to an activating group) is 1. The molecule has 4 aromatic rings. The molecule has 0 radical (unpaired) electrons. The number of nitrogens with one attached hydrogen (secondary N) is 2. The molecule has 12 heteroatoms. The lowest BCUT2D eigenvalue weighted by atomic mass is 10.0. The van der Waals surface area contributed by atoms with E-state index in [9.17, 15) is 18.0 Å². The van der Waals surface area contributed by atoms with Crippen molar-refractivity contribution in [1.29, 1.82) is 0 Å². The number of anilines is 2. The van der Waals surface area contributed by atoms with E-state index >= 15 is 0 Å². The molecule has 0 aliphatic carbocycles. The van der Waals surface area contributed by atoms with Gasteiger partial charge in [-0.15, -0.1) is 0 Å². The number of aromatic nitrogens is 4. The number of amides is 2. The number of hydrogen-bond acceptors (Lipinski definition) is 6. The molecule has 0 saturated carbocycles. The number of fused-ring (bicyclic) bond motifs is 1. The molecule has 0 spiro atoms. The van der Waals surface area contributed by atoms with Gasteiger partial charge in [0.15, 0.2) is 5.82 Å². The zero-order chi connectivity index (χ0) is 26.9. The van der Waals surface area contributed by atoms with Gasteiger partial charge in [-0.05, 0) is 30.8 Å². The summed E-state index contributed by atoms with van der Waals surface area (Å²) in [7, 11) is 3.72. The van der Waals surface area contributed by atoms with Crippen molar-refractivity contribution in [2.24, 2.45) is 7.05 Å². The number of alkyl halides is 3. The molecule has 1 fully saturated rings. The van der Waals surface area contributed by atoms with E-state index in [0.717, 1.165) is 30.2 Å².